The first-order chi connectivity index (χ1) is 23.5. The van der Waals surface area contributed by atoms with Gasteiger partial charge in [-0.15, -0.1) is 39.7 Å². The fourth-order valence-electron chi connectivity index (χ4n) is 6.89. The third kappa shape index (κ3) is 10.0. The molecular formula is C47H56Zr. The van der Waals surface area contributed by atoms with Gasteiger partial charge < -0.3 is 0 Å². The molecule has 0 aromatic heterocycles. The monoisotopic (exact) mass is 710 g/mol. The molecule has 5 aromatic carbocycles. The molecule has 248 valence electrons. The van der Waals surface area contributed by atoms with Gasteiger partial charge in [-0.3, -0.25) is 6.08 Å². The molecule has 0 saturated heterocycles. The zero-order valence-electron chi connectivity index (χ0n) is 30.5. The molecule has 0 saturated carbocycles. The Kier molecular flexibility index (Phi) is 15.6. The van der Waals surface area contributed by atoms with Crippen LogP contribution in [0.15, 0.2) is 120 Å². The summed E-state index contributed by atoms with van der Waals surface area (Å²) in [6, 6.07) is 37.1. The summed E-state index contributed by atoms with van der Waals surface area (Å²) in [5, 5.41) is 5.54. The van der Waals surface area contributed by atoms with Gasteiger partial charge in [0.15, 0.2) is 0 Å². The molecule has 0 amide bonds. The summed E-state index contributed by atoms with van der Waals surface area (Å²) < 4.78 is 1.42. The van der Waals surface area contributed by atoms with Crippen molar-refractivity contribution >= 4 is 24.8 Å². The van der Waals surface area contributed by atoms with E-state index < -0.39 is 0 Å². The van der Waals surface area contributed by atoms with Gasteiger partial charge in [-0.2, -0.15) is 11.1 Å². The van der Waals surface area contributed by atoms with Crippen molar-refractivity contribution in [3.8, 4) is 0 Å². The molecule has 5 aromatic rings. The van der Waals surface area contributed by atoms with E-state index in [1.807, 2.05) is 0 Å². The summed E-state index contributed by atoms with van der Waals surface area (Å²) in [7, 11) is 0. The van der Waals surface area contributed by atoms with Crippen molar-refractivity contribution in [3.05, 3.63) is 148 Å². The molecule has 6 rings (SSSR count). The van der Waals surface area contributed by atoms with Crippen LogP contribution < -0.4 is 0 Å². The van der Waals surface area contributed by atoms with E-state index in [2.05, 4.69) is 151 Å². The average molecular weight is 712 g/mol. The average Bonchev–Trinajstić information content (AvgIpc) is 3.65. The van der Waals surface area contributed by atoms with Gasteiger partial charge in [0.1, 0.15) is 0 Å². The van der Waals surface area contributed by atoms with Gasteiger partial charge in [0.2, 0.25) is 0 Å². The van der Waals surface area contributed by atoms with E-state index in [-0.39, 0.29) is 0 Å². The second kappa shape index (κ2) is 19.8. The van der Waals surface area contributed by atoms with Crippen LogP contribution in [0.2, 0.25) is 0 Å². The fourth-order valence-corrected chi connectivity index (χ4v) is 7.71. The number of fused-ring (bicyclic) bond motifs is 3. The summed E-state index contributed by atoms with van der Waals surface area (Å²) in [4.78, 5) is 0. The number of benzene rings is 4. The molecule has 1 aliphatic rings. The van der Waals surface area contributed by atoms with Gasteiger partial charge in [-0.05, 0) is 19.3 Å². The van der Waals surface area contributed by atoms with E-state index in [0.717, 1.165) is 12.8 Å². The quantitative estimate of drug-likeness (QED) is 0.113. The summed E-state index contributed by atoms with van der Waals surface area (Å²) >= 11 is 1.46. The van der Waals surface area contributed by atoms with Crippen LogP contribution in [0.5, 0.6) is 0 Å². The van der Waals surface area contributed by atoms with Crippen LogP contribution in [0.4, 0.5) is 0 Å². The first kappa shape index (κ1) is 37.8. The molecule has 48 heavy (non-hydrogen) atoms. The van der Waals surface area contributed by atoms with E-state index in [4.69, 9.17) is 0 Å². The van der Waals surface area contributed by atoms with Crippen molar-refractivity contribution in [2.24, 2.45) is 5.92 Å². The van der Waals surface area contributed by atoms with Crippen LogP contribution in [0.3, 0.4) is 0 Å². The Morgan fingerprint density at radius 3 is 1.54 bits per heavy atom. The molecule has 1 heteroatoms. The minimum atomic E-state index is 0.656. The van der Waals surface area contributed by atoms with Crippen LogP contribution in [0.25, 0.3) is 21.5 Å². The molecule has 1 unspecified atom stereocenters. The summed E-state index contributed by atoms with van der Waals surface area (Å²) in [5.41, 5.74) is 10.5. The second-order valence-corrected chi connectivity index (χ2v) is 14.2. The Labute approximate surface area is 307 Å². The van der Waals surface area contributed by atoms with E-state index in [1.165, 1.54) is 123 Å². The van der Waals surface area contributed by atoms with Gasteiger partial charge in [0, 0.05) is 0 Å². The molecule has 0 nitrogen and oxygen atoms in total. The zero-order chi connectivity index (χ0) is 34.3. The van der Waals surface area contributed by atoms with Crippen molar-refractivity contribution in [2.75, 3.05) is 0 Å². The second-order valence-electron chi connectivity index (χ2n) is 13.0. The summed E-state index contributed by atoms with van der Waals surface area (Å²) in [5.74, 6) is 0.656. The molecule has 0 bridgehead atoms. The van der Waals surface area contributed by atoms with Crippen molar-refractivity contribution in [1.82, 2.24) is 0 Å². The van der Waals surface area contributed by atoms with Crippen molar-refractivity contribution in [1.29, 1.82) is 0 Å². The van der Waals surface area contributed by atoms with Gasteiger partial charge in [0.05, 0.1) is 0 Å². The maximum atomic E-state index is 3.81. The Morgan fingerprint density at radius 2 is 1.10 bits per heavy atom. The predicted octanol–water partition coefficient (Wildman–Crippen LogP) is 13.5. The molecule has 0 aliphatic heterocycles. The van der Waals surface area contributed by atoms with Crippen molar-refractivity contribution in [2.45, 2.75) is 106 Å². The first-order valence-corrected chi connectivity index (χ1v) is 19.8. The Hall–Kier alpha value is -3.02. The van der Waals surface area contributed by atoms with Gasteiger partial charge in [-0.25, -0.2) is 5.57 Å². The van der Waals surface area contributed by atoms with Crippen LogP contribution >= 0.6 is 0 Å². The number of rotatable bonds is 12. The molecule has 1 aliphatic carbocycles. The van der Waals surface area contributed by atoms with Crippen molar-refractivity contribution < 1.29 is 24.2 Å². The number of allylic oxidation sites excluding steroid dienone is 4. The van der Waals surface area contributed by atoms with Gasteiger partial charge in [0.25, 0.3) is 0 Å². The van der Waals surface area contributed by atoms with Crippen LogP contribution in [0, 0.1) is 12.0 Å². The Morgan fingerprint density at radius 1 is 0.604 bits per heavy atom. The molecule has 0 spiro atoms. The molecule has 0 fully saturated rings. The number of hydrogen-bond donors (Lipinski definition) is 0. The zero-order valence-corrected chi connectivity index (χ0v) is 32.9. The van der Waals surface area contributed by atoms with Crippen LogP contribution in [-0.2, 0) is 37.1 Å². The van der Waals surface area contributed by atoms with E-state index in [9.17, 15) is 0 Å². The van der Waals surface area contributed by atoms with E-state index in [0.29, 0.717) is 5.92 Å². The topological polar surface area (TPSA) is 0 Å². The summed E-state index contributed by atoms with van der Waals surface area (Å²) in [6.07, 6.45) is 16.2. The minimum absolute atomic E-state index is 0.656. The SMILES string of the molecule is CCCC1=[C-]C(CCC)C(CCC)=C1CCC.CCc1ccc2c(c1)[cH-]c1cc(CC)ccc12.[Zr+2]=[C](c1ccccc1)c1ccccc1. The Bertz CT molecular complexity index is 1680. The third-order valence-corrected chi connectivity index (χ3v) is 10.8. The van der Waals surface area contributed by atoms with Gasteiger partial charge in [-0.1, -0.05) is 128 Å². The van der Waals surface area contributed by atoms with Crippen molar-refractivity contribution in [3.63, 3.8) is 0 Å². The van der Waals surface area contributed by atoms with Gasteiger partial charge >= 0.3 is 99.2 Å². The third-order valence-electron chi connectivity index (χ3n) is 9.39. The molecular weight excluding hydrogens is 656 g/mol. The number of hydrogen-bond acceptors (Lipinski definition) is 0. The van der Waals surface area contributed by atoms with E-state index >= 15 is 0 Å². The fraction of sp³-hybridized carbons (Fsp3) is 0.362. The molecule has 0 heterocycles. The first-order valence-electron chi connectivity index (χ1n) is 18.6. The maximum absolute atomic E-state index is 3.81. The van der Waals surface area contributed by atoms with Crippen LogP contribution in [-0.4, -0.2) is 3.21 Å². The molecule has 1 atom stereocenters. The molecule has 0 radical (unpaired) electrons. The predicted molar refractivity (Wildman–Crippen MR) is 209 cm³/mol. The van der Waals surface area contributed by atoms with Crippen LogP contribution in [0.1, 0.15) is 115 Å². The summed E-state index contributed by atoms with van der Waals surface area (Å²) in [6.45, 7) is 13.6. The van der Waals surface area contributed by atoms with E-state index in [1.54, 1.807) is 16.7 Å². The normalized spacial score (nSPS) is 14.0. The Balaban J connectivity index is 0.000000163. The number of aryl methyl sites for hydroxylation is 2. The standard InChI is InChI=1S/C17H17.C17H29.C13H10.Zr/c1-3-12-5-7-16-14(9-12)11-15-10-13(4-2)6-8-17(15)16;1-5-9-14-13-15(10-6-2)17(12-8-4)16(14)11-7-3;1-3-7-12(8-4-1)11-13-9-5-2-6-10-13;/h5-11H,3-4H2,1-2H3;14H,5-12H2,1-4H3;1-10H;/q2*-1;;+2. The molecule has 0 N–H and O–H groups in total.